The Hall–Kier alpha value is -2.09. The van der Waals surface area contributed by atoms with E-state index in [4.69, 9.17) is 0 Å². The molecule has 0 spiro atoms. The van der Waals surface area contributed by atoms with Crippen molar-refractivity contribution in [3.8, 4) is 11.5 Å². The lowest BCUT2D eigenvalue weighted by Gasteiger charge is -2.35. The molecule has 0 radical (unpaired) electrons. The van der Waals surface area contributed by atoms with Crippen molar-refractivity contribution in [1.29, 1.82) is 0 Å². The third kappa shape index (κ3) is 6.28. The van der Waals surface area contributed by atoms with Gasteiger partial charge in [0.2, 0.25) is 0 Å². The van der Waals surface area contributed by atoms with Crippen LogP contribution in [-0.2, 0) is 6.18 Å². The molecule has 0 amide bonds. The Balaban J connectivity index is 1.30. The number of H-pyrrole nitrogens is 1. The standard InChI is InChI=1S/C25H36F3N5/c1-18(2)32-14-10-20(11-15-32)9-8-19-5-4-13-33(16-12-19)23-7-3-6-21(30-23)24-29-17-22(31-24)25(26,27)28/h3,6-7,17-20H,4-5,8-16H2,1-2H3,(H,29,31). The topological polar surface area (TPSA) is 48.0 Å². The van der Waals surface area contributed by atoms with E-state index in [1.54, 1.807) is 6.07 Å². The molecular weight excluding hydrogens is 427 g/mol. The molecule has 2 fully saturated rings. The largest absolute Gasteiger partial charge is 0.432 e. The first-order valence-corrected chi connectivity index (χ1v) is 12.4. The molecule has 0 saturated carbocycles. The molecule has 2 aliphatic heterocycles. The van der Waals surface area contributed by atoms with Crippen molar-refractivity contribution in [3.05, 3.63) is 30.1 Å². The molecule has 0 aromatic carbocycles. The molecule has 1 atom stereocenters. The number of aromatic amines is 1. The van der Waals surface area contributed by atoms with Gasteiger partial charge in [-0.25, -0.2) is 9.97 Å². The molecule has 33 heavy (non-hydrogen) atoms. The number of pyridine rings is 1. The highest BCUT2D eigenvalue weighted by Crippen LogP contribution is 2.31. The fourth-order valence-corrected chi connectivity index (χ4v) is 5.24. The number of piperidine rings is 1. The van der Waals surface area contributed by atoms with Crippen LogP contribution in [-0.4, -0.2) is 52.1 Å². The van der Waals surface area contributed by atoms with Crippen molar-refractivity contribution in [2.75, 3.05) is 31.1 Å². The van der Waals surface area contributed by atoms with Gasteiger partial charge in [0.05, 0.1) is 6.20 Å². The monoisotopic (exact) mass is 463 g/mol. The molecule has 5 nitrogen and oxygen atoms in total. The SMILES string of the molecule is CC(C)N1CCC(CCC2CCCN(c3cccc(-c4ncc(C(F)(F)F)[nH]4)n3)CC2)CC1. The average molecular weight is 464 g/mol. The molecule has 0 aliphatic carbocycles. The Kier molecular flexibility index (Phi) is 7.62. The minimum Gasteiger partial charge on any atom is -0.357 e. The Morgan fingerprint density at radius 2 is 1.70 bits per heavy atom. The summed E-state index contributed by atoms with van der Waals surface area (Å²) < 4.78 is 38.7. The van der Waals surface area contributed by atoms with Gasteiger partial charge in [0.1, 0.15) is 17.2 Å². The zero-order chi connectivity index (χ0) is 23.4. The quantitative estimate of drug-likeness (QED) is 0.571. The summed E-state index contributed by atoms with van der Waals surface area (Å²) in [6, 6.07) is 6.15. The molecule has 2 aliphatic rings. The van der Waals surface area contributed by atoms with Gasteiger partial charge in [-0.1, -0.05) is 18.9 Å². The van der Waals surface area contributed by atoms with E-state index in [0.29, 0.717) is 11.7 Å². The summed E-state index contributed by atoms with van der Waals surface area (Å²) in [4.78, 5) is 15.7. The van der Waals surface area contributed by atoms with E-state index in [1.807, 2.05) is 12.1 Å². The van der Waals surface area contributed by atoms with Gasteiger partial charge >= 0.3 is 6.18 Å². The predicted octanol–water partition coefficient (Wildman–Crippen LogP) is 6.00. The maximum atomic E-state index is 12.9. The van der Waals surface area contributed by atoms with E-state index in [-0.39, 0.29) is 5.82 Å². The number of imidazole rings is 1. The first-order valence-electron chi connectivity index (χ1n) is 12.4. The molecule has 2 aromatic rings. The number of hydrogen-bond donors (Lipinski definition) is 1. The van der Waals surface area contributed by atoms with Gasteiger partial charge in [0.15, 0.2) is 5.82 Å². The number of anilines is 1. The molecular formula is C25H36F3N5. The van der Waals surface area contributed by atoms with Crippen LogP contribution in [0.1, 0.15) is 64.5 Å². The predicted molar refractivity (Wildman–Crippen MR) is 125 cm³/mol. The average Bonchev–Trinajstić information content (AvgIpc) is 3.19. The number of rotatable bonds is 6. The number of halogens is 3. The Labute approximate surface area is 194 Å². The van der Waals surface area contributed by atoms with Crippen LogP contribution in [0.25, 0.3) is 11.5 Å². The second-order valence-corrected chi connectivity index (χ2v) is 9.96. The van der Waals surface area contributed by atoms with Gasteiger partial charge in [-0.2, -0.15) is 13.2 Å². The fraction of sp³-hybridized carbons (Fsp3) is 0.680. The van der Waals surface area contributed by atoms with Crippen molar-refractivity contribution >= 4 is 5.82 Å². The highest BCUT2D eigenvalue weighted by Gasteiger charge is 2.33. The summed E-state index contributed by atoms with van der Waals surface area (Å²) in [6.45, 7) is 8.93. The molecule has 2 saturated heterocycles. The van der Waals surface area contributed by atoms with Crippen molar-refractivity contribution in [2.45, 2.75) is 71.0 Å². The molecule has 182 valence electrons. The number of aromatic nitrogens is 3. The van der Waals surface area contributed by atoms with Crippen LogP contribution in [0.4, 0.5) is 19.0 Å². The number of alkyl halides is 3. The van der Waals surface area contributed by atoms with Crippen LogP contribution in [0.3, 0.4) is 0 Å². The normalized spacial score (nSPS) is 21.5. The maximum absolute atomic E-state index is 12.9. The molecule has 2 aromatic heterocycles. The summed E-state index contributed by atoms with van der Waals surface area (Å²) in [5, 5.41) is 0. The highest BCUT2D eigenvalue weighted by molar-refractivity contribution is 5.54. The third-order valence-electron chi connectivity index (χ3n) is 7.39. The third-order valence-corrected chi connectivity index (χ3v) is 7.39. The minimum absolute atomic E-state index is 0.153. The number of nitrogens with one attached hydrogen (secondary N) is 1. The van der Waals surface area contributed by atoms with E-state index in [1.165, 1.54) is 45.2 Å². The summed E-state index contributed by atoms with van der Waals surface area (Å²) in [7, 11) is 0. The minimum atomic E-state index is -4.44. The van der Waals surface area contributed by atoms with Gasteiger partial charge < -0.3 is 14.8 Å². The lowest BCUT2D eigenvalue weighted by atomic mass is 9.86. The lowest BCUT2D eigenvalue weighted by molar-refractivity contribution is -0.140. The Morgan fingerprint density at radius 3 is 2.36 bits per heavy atom. The lowest BCUT2D eigenvalue weighted by Crippen LogP contribution is -2.38. The second-order valence-electron chi connectivity index (χ2n) is 9.96. The molecule has 8 heteroatoms. The number of nitrogens with zero attached hydrogens (tertiary/aromatic N) is 4. The smallest absolute Gasteiger partial charge is 0.357 e. The molecule has 1 unspecified atom stereocenters. The maximum Gasteiger partial charge on any atom is 0.432 e. The van der Waals surface area contributed by atoms with Gasteiger partial charge in [-0.3, -0.25) is 0 Å². The Bertz CT molecular complexity index is 886. The van der Waals surface area contributed by atoms with Gasteiger partial charge in [-0.05, 0) is 83.0 Å². The van der Waals surface area contributed by atoms with Crippen LogP contribution < -0.4 is 4.90 Å². The van der Waals surface area contributed by atoms with Crippen LogP contribution >= 0.6 is 0 Å². The van der Waals surface area contributed by atoms with Crippen molar-refractivity contribution in [3.63, 3.8) is 0 Å². The van der Waals surface area contributed by atoms with E-state index in [9.17, 15) is 13.2 Å². The molecule has 0 bridgehead atoms. The molecule has 4 heterocycles. The van der Waals surface area contributed by atoms with Crippen LogP contribution in [0.2, 0.25) is 0 Å². The van der Waals surface area contributed by atoms with Gasteiger partial charge in [0, 0.05) is 19.1 Å². The Morgan fingerprint density at radius 1 is 1.00 bits per heavy atom. The first-order chi connectivity index (χ1) is 15.8. The summed E-state index contributed by atoms with van der Waals surface area (Å²) >= 11 is 0. The van der Waals surface area contributed by atoms with E-state index in [0.717, 1.165) is 49.8 Å². The fourth-order valence-electron chi connectivity index (χ4n) is 5.24. The van der Waals surface area contributed by atoms with Gasteiger partial charge in [0.25, 0.3) is 0 Å². The zero-order valence-electron chi connectivity index (χ0n) is 19.7. The highest BCUT2D eigenvalue weighted by atomic mass is 19.4. The second kappa shape index (κ2) is 10.5. The van der Waals surface area contributed by atoms with Crippen LogP contribution in [0.15, 0.2) is 24.4 Å². The van der Waals surface area contributed by atoms with E-state index in [2.05, 4.69) is 38.6 Å². The molecule has 1 N–H and O–H groups in total. The molecule has 4 rings (SSSR count). The van der Waals surface area contributed by atoms with E-state index < -0.39 is 11.9 Å². The first kappa shape index (κ1) is 24.0. The van der Waals surface area contributed by atoms with E-state index >= 15 is 0 Å². The number of likely N-dealkylation sites (tertiary alicyclic amines) is 1. The summed E-state index contributed by atoms with van der Waals surface area (Å²) in [5.41, 5.74) is -0.409. The zero-order valence-corrected chi connectivity index (χ0v) is 19.7. The van der Waals surface area contributed by atoms with Crippen molar-refractivity contribution in [2.24, 2.45) is 11.8 Å². The van der Waals surface area contributed by atoms with Gasteiger partial charge in [-0.15, -0.1) is 0 Å². The summed E-state index contributed by atoms with van der Waals surface area (Å²) in [6.07, 6.45) is 5.21. The number of hydrogen-bond acceptors (Lipinski definition) is 4. The van der Waals surface area contributed by atoms with Crippen molar-refractivity contribution < 1.29 is 13.2 Å². The van der Waals surface area contributed by atoms with Crippen molar-refractivity contribution in [1.82, 2.24) is 19.9 Å². The van der Waals surface area contributed by atoms with Crippen LogP contribution in [0.5, 0.6) is 0 Å². The van der Waals surface area contributed by atoms with Crippen LogP contribution in [0, 0.1) is 11.8 Å². The summed E-state index contributed by atoms with van der Waals surface area (Å²) in [5.74, 6) is 2.59.